The van der Waals surface area contributed by atoms with Crippen LogP contribution >= 0.6 is 0 Å². The van der Waals surface area contributed by atoms with E-state index in [1.807, 2.05) is 18.2 Å². The molecule has 4 nitrogen and oxygen atoms in total. The van der Waals surface area contributed by atoms with Crippen LogP contribution in [0, 0.1) is 0 Å². The maximum absolute atomic E-state index is 11.7. The van der Waals surface area contributed by atoms with Crippen LogP contribution in [0.25, 0.3) is 0 Å². The topological polar surface area (TPSA) is 52.6 Å². The Morgan fingerprint density at radius 3 is 2.65 bits per heavy atom. The lowest BCUT2D eigenvalue weighted by Gasteiger charge is -2.18. The number of anilines is 1. The van der Waals surface area contributed by atoms with Crippen LogP contribution in [-0.4, -0.2) is 35.1 Å². The van der Waals surface area contributed by atoms with Crippen LogP contribution < -0.4 is 5.32 Å². The third-order valence-electron chi connectivity index (χ3n) is 3.30. The summed E-state index contributed by atoms with van der Waals surface area (Å²) in [6.45, 7) is 8.90. The Bertz CT molecular complexity index is 415. The summed E-state index contributed by atoms with van der Waals surface area (Å²) in [5, 5.41) is 12.1. The smallest absolute Gasteiger partial charge is 0.224 e. The van der Waals surface area contributed by atoms with Crippen LogP contribution in [0.5, 0.6) is 0 Å². The molecule has 0 heterocycles. The van der Waals surface area contributed by atoms with E-state index < -0.39 is 6.10 Å². The van der Waals surface area contributed by atoms with Crippen molar-refractivity contribution in [1.82, 2.24) is 4.90 Å². The van der Waals surface area contributed by atoms with Crippen LogP contribution in [0.1, 0.15) is 39.2 Å². The number of hydrogen-bond acceptors (Lipinski definition) is 3. The van der Waals surface area contributed by atoms with E-state index in [4.69, 9.17) is 0 Å². The second-order valence-corrected chi connectivity index (χ2v) is 5.10. The number of rotatable bonds is 8. The predicted molar refractivity (Wildman–Crippen MR) is 82.6 cm³/mol. The highest BCUT2D eigenvalue weighted by Gasteiger charge is 2.06. The molecule has 20 heavy (non-hydrogen) atoms. The quantitative estimate of drug-likeness (QED) is 0.768. The molecule has 0 fully saturated rings. The second-order valence-electron chi connectivity index (χ2n) is 5.10. The van der Waals surface area contributed by atoms with Crippen LogP contribution in [0.15, 0.2) is 24.3 Å². The van der Waals surface area contributed by atoms with Gasteiger partial charge in [-0.3, -0.25) is 9.69 Å². The molecule has 1 rings (SSSR count). The third kappa shape index (κ3) is 6.17. The maximum atomic E-state index is 11.7. The highest BCUT2D eigenvalue weighted by Crippen LogP contribution is 2.13. The Hall–Kier alpha value is -1.39. The molecular formula is C16H26N2O2. The van der Waals surface area contributed by atoms with Crippen molar-refractivity contribution in [2.75, 3.05) is 18.4 Å². The third-order valence-corrected chi connectivity index (χ3v) is 3.30. The van der Waals surface area contributed by atoms with E-state index in [0.717, 1.165) is 25.3 Å². The van der Waals surface area contributed by atoms with Gasteiger partial charge in [-0.15, -0.1) is 0 Å². The Morgan fingerprint density at radius 1 is 1.35 bits per heavy atom. The average Bonchev–Trinajstić information content (AvgIpc) is 2.43. The first kappa shape index (κ1) is 16.7. The summed E-state index contributed by atoms with van der Waals surface area (Å²) < 4.78 is 0. The minimum Gasteiger partial charge on any atom is -0.393 e. The number of hydrogen-bond donors (Lipinski definition) is 2. The van der Waals surface area contributed by atoms with Crippen molar-refractivity contribution < 1.29 is 9.90 Å². The summed E-state index contributed by atoms with van der Waals surface area (Å²) in [6.07, 6.45) is 0.401. The number of benzene rings is 1. The van der Waals surface area contributed by atoms with Crippen molar-refractivity contribution in [3.63, 3.8) is 0 Å². The molecule has 0 spiro atoms. The highest BCUT2D eigenvalue weighted by molar-refractivity contribution is 5.90. The first-order valence-electron chi connectivity index (χ1n) is 7.34. The van der Waals surface area contributed by atoms with E-state index in [0.29, 0.717) is 12.8 Å². The van der Waals surface area contributed by atoms with Crippen molar-refractivity contribution in [2.45, 2.75) is 46.3 Å². The van der Waals surface area contributed by atoms with Crippen molar-refractivity contribution in [3.05, 3.63) is 29.8 Å². The molecule has 112 valence electrons. The molecular weight excluding hydrogens is 252 g/mol. The number of nitrogens with zero attached hydrogens (tertiary/aromatic N) is 1. The van der Waals surface area contributed by atoms with Gasteiger partial charge in [-0.25, -0.2) is 0 Å². The second kappa shape index (κ2) is 8.72. The molecule has 1 aromatic carbocycles. The molecule has 0 aliphatic rings. The zero-order valence-electron chi connectivity index (χ0n) is 12.7. The fraction of sp³-hybridized carbons (Fsp3) is 0.562. The largest absolute Gasteiger partial charge is 0.393 e. The number of nitrogens with one attached hydrogen (secondary N) is 1. The monoisotopic (exact) mass is 278 g/mol. The summed E-state index contributed by atoms with van der Waals surface area (Å²) in [5.74, 6) is -0.0501. The minimum atomic E-state index is -0.435. The SMILES string of the molecule is CCN(CC)Cc1cccc(NC(=O)CCC(C)O)c1. The zero-order chi connectivity index (χ0) is 15.0. The highest BCUT2D eigenvalue weighted by atomic mass is 16.3. The van der Waals surface area contributed by atoms with E-state index in [-0.39, 0.29) is 5.91 Å². The van der Waals surface area contributed by atoms with Gasteiger partial charge in [0.25, 0.3) is 0 Å². The van der Waals surface area contributed by atoms with Crippen LogP contribution in [0.2, 0.25) is 0 Å². The van der Waals surface area contributed by atoms with E-state index in [2.05, 4.69) is 30.1 Å². The van der Waals surface area contributed by atoms with Gasteiger partial charge in [0.1, 0.15) is 0 Å². The molecule has 1 unspecified atom stereocenters. The Kier molecular flexibility index (Phi) is 7.26. The molecule has 0 aliphatic carbocycles. The van der Waals surface area contributed by atoms with Gasteiger partial charge in [0.2, 0.25) is 5.91 Å². The van der Waals surface area contributed by atoms with E-state index >= 15 is 0 Å². The van der Waals surface area contributed by atoms with Crippen LogP contribution in [0.3, 0.4) is 0 Å². The Labute approximate surface area is 121 Å². The maximum Gasteiger partial charge on any atom is 0.224 e. The molecule has 0 saturated heterocycles. The van der Waals surface area contributed by atoms with Gasteiger partial charge in [-0.2, -0.15) is 0 Å². The zero-order valence-corrected chi connectivity index (χ0v) is 12.7. The van der Waals surface area contributed by atoms with Gasteiger partial charge in [0, 0.05) is 18.7 Å². The van der Waals surface area contributed by atoms with E-state index in [1.165, 1.54) is 5.56 Å². The first-order valence-corrected chi connectivity index (χ1v) is 7.34. The molecule has 2 N–H and O–H groups in total. The lowest BCUT2D eigenvalue weighted by atomic mass is 10.1. The van der Waals surface area contributed by atoms with Gasteiger partial charge in [0.05, 0.1) is 6.10 Å². The molecule has 0 radical (unpaired) electrons. The van der Waals surface area contributed by atoms with Crippen molar-refractivity contribution >= 4 is 11.6 Å². The fourth-order valence-electron chi connectivity index (χ4n) is 2.02. The summed E-state index contributed by atoms with van der Waals surface area (Å²) in [7, 11) is 0. The van der Waals surface area contributed by atoms with Gasteiger partial charge >= 0.3 is 0 Å². The minimum absolute atomic E-state index is 0.0501. The number of amides is 1. The van der Waals surface area contributed by atoms with Gasteiger partial charge in [0.15, 0.2) is 0 Å². The molecule has 1 amide bonds. The Morgan fingerprint density at radius 2 is 2.05 bits per heavy atom. The van der Waals surface area contributed by atoms with Crippen LogP contribution in [-0.2, 0) is 11.3 Å². The summed E-state index contributed by atoms with van der Waals surface area (Å²) in [6, 6.07) is 7.94. The molecule has 4 heteroatoms. The Balaban J connectivity index is 2.57. The fourth-order valence-corrected chi connectivity index (χ4v) is 2.02. The number of carbonyl (C=O) groups excluding carboxylic acids is 1. The lowest BCUT2D eigenvalue weighted by Crippen LogP contribution is -2.22. The predicted octanol–water partition coefficient (Wildman–Crippen LogP) is 2.63. The van der Waals surface area contributed by atoms with Gasteiger partial charge in [-0.05, 0) is 44.1 Å². The normalized spacial score (nSPS) is 12.4. The summed E-state index contributed by atoms with van der Waals surface area (Å²) >= 11 is 0. The average molecular weight is 278 g/mol. The molecule has 0 aromatic heterocycles. The number of carbonyl (C=O) groups is 1. The van der Waals surface area contributed by atoms with Gasteiger partial charge < -0.3 is 10.4 Å². The van der Waals surface area contributed by atoms with E-state index in [9.17, 15) is 9.90 Å². The van der Waals surface area contributed by atoms with Crippen molar-refractivity contribution in [3.8, 4) is 0 Å². The molecule has 0 bridgehead atoms. The van der Waals surface area contributed by atoms with Crippen molar-refractivity contribution in [1.29, 1.82) is 0 Å². The van der Waals surface area contributed by atoms with Crippen LogP contribution in [0.4, 0.5) is 5.69 Å². The number of aliphatic hydroxyl groups is 1. The standard InChI is InChI=1S/C16H26N2O2/c1-4-18(5-2)12-14-7-6-8-15(11-14)17-16(20)10-9-13(3)19/h6-8,11,13,19H,4-5,9-10,12H2,1-3H3,(H,17,20). The molecule has 0 saturated carbocycles. The molecule has 1 aromatic rings. The van der Waals surface area contributed by atoms with Crippen molar-refractivity contribution in [2.24, 2.45) is 0 Å². The summed E-state index contributed by atoms with van der Waals surface area (Å²) in [5.41, 5.74) is 2.02. The first-order chi connectivity index (χ1) is 9.55. The van der Waals surface area contributed by atoms with Gasteiger partial charge in [-0.1, -0.05) is 26.0 Å². The lowest BCUT2D eigenvalue weighted by molar-refractivity contribution is -0.116. The number of aliphatic hydroxyl groups excluding tert-OH is 1. The van der Waals surface area contributed by atoms with E-state index in [1.54, 1.807) is 6.92 Å². The molecule has 1 atom stereocenters. The molecule has 0 aliphatic heterocycles. The summed E-state index contributed by atoms with van der Waals surface area (Å²) in [4.78, 5) is 14.1.